The lowest BCUT2D eigenvalue weighted by atomic mass is 10.2. The molecule has 1 saturated heterocycles. The molecule has 1 aromatic rings. The molecule has 2 amide bonds. The number of ether oxygens (including phenoxy) is 1. The SMILES string of the molecule is CC(CNC(=O)CN1C(=O)CSc2ccccc21)N1CCOCC1. The van der Waals surface area contributed by atoms with Gasteiger partial charge in [-0.2, -0.15) is 0 Å². The quantitative estimate of drug-likeness (QED) is 0.858. The first-order valence-corrected chi connectivity index (χ1v) is 9.24. The van der Waals surface area contributed by atoms with Gasteiger partial charge < -0.3 is 15.0 Å². The van der Waals surface area contributed by atoms with Crippen LogP contribution in [0.15, 0.2) is 29.2 Å². The molecule has 0 radical (unpaired) electrons. The van der Waals surface area contributed by atoms with E-state index in [1.54, 1.807) is 4.90 Å². The van der Waals surface area contributed by atoms with E-state index >= 15 is 0 Å². The van der Waals surface area contributed by atoms with Crippen LogP contribution in [0.3, 0.4) is 0 Å². The minimum atomic E-state index is -0.120. The third-order valence-electron chi connectivity index (χ3n) is 4.37. The zero-order valence-corrected chi connectivity index (χ0v) is 14.7. The molecule has 2 aliphatic heterocycles. The summed E-state index contributed by atoms with van der Waals surface area (Å²) in [5.41, 5.74) is 0.829. The van der Waals surface area contributed by atoms with Crippen LogP contribution in [0, 0.1) is 0 Å². The lowest BCUT2D eigenvalue weighted by Crippen LogP contribution is -2.49. The number of amides is 2. The molecule has 130 valence electrons. The van der Waals surface area contributed by atoms with Crippen LogP contribution in [0.2, 0.25) is 0 Å². The number of thioether (sulfide) groups is 1. The zero-order chi connectivity index (χ0) is 16.9. The van der Waals surface area contributed by atoms with E-state index in [-0.39, 0.29) is 24.4 Å². The van der Waals surface area contributed by atoms with Gasteiger partial charge in [-0.1, -0.05) is 12.1 Å². The Morgan fingerprint density at radius 2 is 2.08 bits per heavy atom. The van der Waals surface area contributed by atoms with Gasteiger partial charge in [-0.05, 0) is 19.1 Å². The molecule has 0 aliphatic carbocycles. The number of rotatable bonds is 5. The van der Waals surface area contributed by atoms with E-state index in [1.807, 2.05) is 24.3 Å². The van der Waals surface area contributed by atoms with Gasteiger partial charge in [0.25, 0.3) is 0 Å². The summed E-state index contributed by atoms with van der Waals surface area (Å²) in [5, 5.41) is 2.96. The van der Waals surface area contributed by atoms with Crippen LogP contribution in [0.5, 0.6) is 0 Å². The number of benzene rings is 1. The minimum absolute atomic E-state index is 0.0184. The first-order valence-electron chi connectivity index (χ1n) is 8.26. The van der Waals surface area contributed by atoms with Crippen LogP contribution in [0.25, 0.3) is 0 Å². The predicted octanol–water partition coefficient (Wildman–Crippen LogP) is 0.962. The molecule has 0 aromatic heterocycles. The fraction of sp³-hybridized carbons (Fsp3) is 0.529. The van der Waals surface area contributed by atoms with Gasteiger partial charge in [-0.25, -0.2) is 0 Å². The second-order valence-electron chi connectivity index (χ2n) is 6.04. The highest BCUT2D eigenvalue weighted by atomic mass is 32.2. The molecule has 3 rings (SSSR count). The number of para-hydroxylation sites is 1. The molecule has 1 atom stereocenters. The molecule has 0 bridgehead atoms. The average Bonchev–Trinajstić information content (AvgIpc) is 2.63. The van der Waals surface area contributed by atoms with Crippen molar-refractivity contribution in [2.75, 3.05) is 50.0 Å². The van der Waals surface area contributed by atoms with E-state index in [0.29, 0.717) is 12.3 Å². The number of nitrogens with zero attached hydrogens (tertiary/aromatic N) is 2. The maximum Gasteiger partial charge on any atom is 0.240 e. The second kappa shape index (κ2) is 8.00. The van der Waals surface area contributed by atoms with E-state index in [4.69, 9.17) is 4.74 Å². The number of fused-ring (bicyclic) bond motifs is 1. The molecule has 0 spiro atoms. The van der Waals surface area contributed by atoms with Gasteiger partial charge in [0.15, 0.2) is 0 Å². The standard InChI is InChI=1S/C17H23N3O3S/c1-13(19-6-8-23-9-7-19)10-18-16(21)11-20-14-4-2-3-5-15(14)24-12-17(20)22/h2-5,13H,6-12H2,1H3,(H,18,21). The van der Waals surface area contributed by atoms with E-state index in [0.717, 1.165) is 36.9 Å². The van der Waals surface area contributed by atoms with E-state index in [2.05, 4.69) is 17.1 Å². The van der Waals surface area contributed by atoms with Gasteiger partial charge in [0.2, 0.25) is 11.8 Å². The number of morpholine rings is 1. The van der Waals surface area contributed by atoms with Crippen LogP contribution in [-0.4, -0.2) is 67.9 Å². The number of carbonyl (C=O) groups is 2. The molecular weight excluding hydrogens is 326 g/mol. The van der Waals surface area contributed by atoms with Crippen LogP contribution in [0.4, 0.5) is 5.69 Å². The summed E-state index contributed by atoms with van der Waals surface area (Å²) in [4.78, 5) is 29.4. The fourth-order valence-electron chi connectivity index (χ4n) is 2.94. The summed E-state index contributed by atoms with van der Waals surface area (Å²) < 4.78 is 5.35. The molecule has 1 fully saturated rings. The van der Waals surface area contributed by atoms with Gasteiger partial charge >= 0.3 is 0 Å². The molecule has 6 nitrogen and oxygen atoms in total. The Hall–Kier alpha value is -1.57. The Morgan fingerprint density at radius 1 is 1.33 bits per heavy atom. The Morgan fingerprint density at radius 3 is 2.88 bits per heavy atom. The summed E-state index contributed by atoms with van der Waals surface area (Å²) in [6.07, 6.45) is 0. The van der Waals surface area contributed by atoms with Crippen molar-refractivity contribution in [2.45, 2.75) is 17.9 Å². The van der Waals surface area contributed by atoms with E-state index in [1.165, 1.54) is 11.8 Å². The normalized spacial score (nSPS) is 19.7. The van der Waals surface area contributed by atoms with Gasteiger partial charge in [0, 0.05) is 30.6 Å². The molecule has 1 N–H and O–H groups in total. The summed E-state index contributed by atoms with van der Waals surface area (Å²) in [5.74, 6) is 0.245. The smallest absolute Gasteiger partial charge is 0.240 e. The zero-order valence-electron chi connectivity index (χ0n) is 13.9. The highest BCUT2D eigenvalue weighted by Gasteiger charge is 2.26. The predicted molar refractivity (Wildman–Crippen MR) is 94.4 cm³/mol. The molecule has 1 unspecified atom stereocenters. The van der Waals surface area contributed by atoms with Gasteiger partial charge in [-0.3, -0.25) is 14.5 Å². The topological polar surface area (TPSA) is 61.9 Å². The molecular formula is C17H23N3O3S. The molecule has 7 heteroatoms. The molecule has 2 heterocycles. The lowest BCUT2D eigenvalue weighted by molar-refractivity contribution is -0.123. The Bertz CT molecular complexity index is 604. The molecule has 0 saturated carbocycles. The number of anilines is 1. The van der Waals surface area contributed by atoms with Crippen molar-refractivity contribution in [2.24, 2.45) is 0 Å². The molecule has 1 aromatic carbocycles. The third-order valence-corrected chi connectivity index (χ3v) is 5.42. The number of hydrogen-bond donors (Lipinski definition) is 1. The minimum Gasteiger partial charge on any atom is -0.379 e. The lowest BCUT2D eigenvalue weighted by Gasteiger charge is -2.32. The summed E-state index contributed by atoms with van der Waals surface area (Å²) in [6.45, 7) is 6.04. The molecule has 24 heavy (non-hydrogen) atoms. The van der Waals surface area contributed by atoms with Crippen LogP contribution in [0.1, 0.15) is 6.92 Å². The van der Waals surface area contributed by atoms with Gasteiger partial charge in [0.1, 0.15) is 6.54 Å². The van der Waals surface area contributed by atoms with Gasteiger partial charge in [0.05, 0.1) is 24.7 Å². The Labute approximate surface area is 146 Å². The maximum atomic E-state index is 12.3. The summed E-state index contributed by atoms with van der Waals surface area (Å²) in [6, 6.07) is 7.98. The highest BCUT2D eigenvalue weighted by Crippen LogP contribution is 2.34. The number of hydrogen-bond acceptors (Lipinski definition) is 5. The Kier molecular flexibility index (Phi) is 5.76. The number of carbonyl (C=O) groups excluding carboxylic acids is 2. The second-order valence-corrected chi connectivity index (χ2v) is 7.05. The van der Waals surface area contributed by atoms with Crippen LogP contribution >= 0.6 is 11.8 Å². The third kappa shape index (κ3) is 4.09. The van der Waals surface area contributed by atoms with Crippen molar-refractivity contribution < 1.29 is 14.3 Å². The van der Waals surface area contributed by atoms with E-state index in [9.17, 15) is 9.59 Å². The number of nitrogens with one attached hydrogen (secondary N) is 1. The van der Waals surface area contributed by atoms with Crippen molar-refractivity contribution in [3.63, 3.8) is 0 Å². The summed E-state index contributed by atoms with van der Waals surface area (Å²) >= 11 is 1.52. The van der Waals surface area contributed by atoms with Crippen molar-refractivity contribution in [1.82, 2.24) is 10.2 Å². The highest BCUT2D eigenvalue weighted by molar-refractivity contribution is 8.00. The van der Waals surface area contributed by atoms with E-state index < -0.39 is 0 Å². The molecule has 2 aliphatic rings. The largest absolute Gasteiger partial charge is 0.379 e. The van der Waals surface area contributed by atoms with Crippen molar-refractivity contribution in [3.8, 4) is 0 Å². The average molecular weight is 349 g/mol. The maximum absolute atomic E-state index is 12.3. The first kappa shape index (κ1) is 17.3. The van der Waals surface area contributed by atoms with Crippen molar-refractivity contribution in [1.29, 1.82) is 0 Å². The van der Waals surface area contributed by atoms with Crippen LogP contribution in [-0.2, 0) is 14.3 Å². The van der Waals surface area contributed by atoms with Crippen LogP contribution < -0.4 is 10.2 Å². The Balaban J connectivity index is 1.54. The van der Waals surface area contributed by atoms with Gasteiger partial charge in [-0.15, -0.1) is 11.8 Å². The monoisotopic (exact) mass is 349 g/mol. The summed E-state index contributed by atoms with van der Waals surface area (Å²) in [7, 11) is 0. The van der Waals surface area contributed by atoms with Crippen molar-refractivity contribution >= 4 is 29.3 Å². The first-order chi connectivity index (χ1) is 11.6. The van der Waals surface area contributed by atoms with Crippen molar-refractivity contribution in [3.05, 3.63) is 24.3 Å². The fourth-order valence-corrected chi connectivity index (χ4v) is 3.87.